The molecule has 0 spiro atoms. The summed E-state index contributed by atoms with van der Waals surface area (Å²) < 4.78 is 27.8. The Hall–Kier alpha value is -0.130. The Kier molecular flexibility index (Phi) is 5.72. The number of hydrogen-bond acceptors (Lipinski definition) is 4. The topological polar surface area (TPSA) is 69.4 Å². The van der Waals surface area contributed by atoms with Gasteiger partial charge < -0.3 is 5.73 Å². The molecule has 5 heteroatoms. The van der Waals surface area contributed by atoms with E-state index in [1.807, 2.05) is 6.92 Å². The van der Waals surface area contributed by atoms with E-state index in [2.05, 4.69) is 0 Å². The maximum atomic E-state index is 11.4. The van der Waals surface area contributed by atoms with Crippen molar-refractivity contribution >= 4 is 10.1 Å². The van der Waals surface area contributed by atoms with Gasteiger partial charge in [0.15, 0.2) is 0 Å². The molecule has 1 fully saturated rings. The van der Waals surface area contributed by atoms with Crippen LogP contribution in [0.5, 0.6) is 0 Å². The molecule has 2 unspecified atom stereocenters. The van der Waals surface area contributed by atoms with E-state index in [4.69, 9.17) is 9.92 Å². The monoisotopic (exact) mass is 249 g/mol. The largest absolute Gasteiger partial charge is 0.327 e. The van der Waals surface area contributed by atoms with Crippen LogP contribution in [0.15, 0.2) is 0 Å². The molecule has 1 aliphatic rings. The van der Waals surface area contributed by atoms with Crippen LogP contribution in [0.25, 0.3) is 0 Å². The fourth-order valence-corrected chi connectivity index (χ4v) is 3.12. The molecular formula is C11H23NO3S. The van der Waals surface area contributed by atoms with Crippen LogP contribution in [0.1, 0.15) is 45.4 Å². The minimum Gasteiger partial charge on any atom is -0.327 e. The molecule has 0 amide bonds. The maximum absolute atomic E-state index is 11.4. The van der Waals surface area contributed by atoms with Gasteiger partial charge in [0.1, 0.15) is 0 Å². The van der Waals surface area contributed by atoms with Crippen LogP contribution in [0.2, 0.25) is 0 Å². The van der Waals surface area contributed by atoms with E-state index >= 15 is 0 Å². The molecular weight excluding hydrogens is 226 g/mol. The fraction of sp³-hybridized carbons (Fsp3) is 1.00. The summed E-state index contributed by atoms with van der Waals surface area (Å²) in [5.74, 6) is 0.309. The van der Waals surface area contributed by atoms with E-state index in [1.165, 1.54) is 6.42 Å². The molecule has 0 aromatic heterocycles. The zero-order valence-electron chi connectivity index (χ0n) is 10.0. The summed E-state index contributed by atoms with van der Waals surface area (Å²) in [5, 5.41) is 0. The average molecular weight is 249 g/mol. The Morgan fingerprint density at radius 3 is 2.62 bits per heavy atom. The SMILES string of the molecule is CCCS(=O)(=O)OCC1CCCCCC1N. The van der Waals surface area contributed by atoms with Crippen LogP contribution in [0.4, 0.5) is 0 Å². The second kappa shape index (κ2) is 6.57. The summed E-state index contributed by atoms with van der Waals surface area (Å²) in [6, 6.07) is 0.0966. The molecule has 2 atom stereocenters. The Bertz CT molecular complexity index is 290. The van der Waals surface area contributed by atoms with Crippen LogP contribution >= 0.6 is 0 Å². The average Bonchev–Trinajstić information content (AvgIpc) is 2.40. The van der Waals surface area contributed by atoms with Crippen LogP contribution in [-0.2, 0) is 14.3 Å². The summed E-state index contributed by atoms with van der Waals surface area (Å²) >= 11 is 0. The van der Waals surface area contributed by atoms with Gasteiger partial charge in [0.05, 0.1) is 12.4 Å². The molecule has 0 heterocycles. The molecule has 1 rings (SSSR count). The fourth-order valence-electron chi connectivity index (χ4n) is 2.12. The smallest absolute Gasteiger partial charge is 0.267 e. The van der Waals surface area contributed by atoms with Gasteiger partial charge in [0.2, 0.25) is 0 Å². The van der Waals surface area contributed by atoms with Crippen molar-refractivity contribution in [3.63, 3.8) is 0 Å². The van der Waals surface area contributed by atoms with Crippen molar-refractivity contribution in [2.24, 2.45) is 11.7 Å². The lowest BCUT2D eigenvalue weighted by Crippen LogP contribution is -2.33. The lowest BCUT2D eigenvalue weighted by Gasteiger charge is -2.20. The van der Waals surface area contributed by atoms with Gasteiger partial charge in [-0.2, -0.15) is 8.42 Å². The van der Waals surface area contributed by atoms with Gasteiger partial charge in [0, 0.05) is 6.04 Å². The van der Waals surface area contributed by atoms with Gasteiger partial charge in [-0.05, 0) is 25.2 Å². The lowest BCUT2D eigenvalue weighted by molar-refractivity contribution is 0.222. The third-order valence-electron chi connectivity index (χ3n) is 3.13. The third-order valence-corrected chi connectivity index (χ3v) is 4.54. The zero-order valence-corrected chi connectivity index (χ0v) is 10.8. The number of nitrogens with two attached hydrogens (primary N) is 1. The van der Waals surface area contributed by atoms with Crippen molar-refractivity contribution in [3.05, 3.63) is 0 Å². The molecule has 0 bridgehead atoms. The van der Waals surface area contributed by atoms with Gasteiger partial charge in [0.25, 0.3) is 10.1 Å². The highest BCUT2D eigenvalue weighted by atomic mass is 32.2. The quantitative estimate of drug-likeness (QED) is 0.594. The molecule has 0 aliphatic heterocycles. The summed E-state index contributed by atoms with van der Waals surface area (Å²) in [7, 11) is -3.32. The maximum Gasteiger partial charge on any atom is 0.267 e. The van der Waals surface area contributed by atoms with Crippen molar-refractivity contribution < 1.29 is 12.6 Å². The number of rotatable bonds is 5. The minimum atomic E-state index is -3.32. The summed E-state index contributed by atoms with van der Waals surface area (Å²) in [6.45, 7) is 2.10. The Labute approximate surface area is 98.7 Å². The van der Waals surface area contributed by atoms with E-state index in [0.717, 1.165) is 25.7 Å². The summed E-state index contributed by atoms with van der Waals surface area (Å²) in [4.78, 5) is 0. The molecule has 4 nitrogen and oxygen atoms in total. The van der Waals surface area contributed by atoms with Crippen molar-refractivity contribution in [2.45, 2.75) is 51.5 Å². The minimum absolute atomic E-state index is 0.0966. The standard InChI is InChI=1S/C11H23NO3S/c1-2-8-16(13,14)15-9-10-6-4-3-5-7-11(10)12/h10-11H,2-9,12H2,1H3. The van der Waals surface area contributed by atoms with Crippen molar-refractivity contribution in [3.8, 4) is 0 Å². The first-order chi connectivity index (χ1) is 7.55. The Morgan fingerprint density at radius 1 is 1.25 bits per heavy atom. The molecule has 1 saturated carbocycles. The normalized spacial score (nSPS) is 27.6. The molecule has 0 saturated heterocycles. The molecule has 0 aromatic rings. The predicted molar refractivity (Wildman–Crippen MR) is 64.6 cm³/mol. The van der Waals surface area contributed by atoms with E-state index in [9.17, 15) is 8.42 Å². The van der Waals surface area contributed by atoms with Crippen LogP contribution in [-0.4, -0.2) is 26.8 Å². The summed E-state index contributed by atoms with van der Waals surface area (Å²) in [5.41, 5.74) is 6.01. The van der Waals surface area contributed by atoms with Gasteiger partial charge in [-0.25, -0.2) is 0 Å². The highest BCUT2D eigenvalue weighted by Gasteiger charge is 2.22. The molecule has 0 aromatic carbocycles. The van der Waals surface area contributed by atoms with E-state index in [0.29, 0.717) is 6.42 Å². The Morgan fingerprint density at radius 2 is 1.94 bits per heavy atom. The zero-order chi connectivity index (χ0) is 12.0. The first-order valence-corrected chi connectivity index (χ1v) is 7.75. The summed E-state index contributed by atoms with van der Waals surface area (Å²) in [6.07, 6.45) is 6.06. The van der Waals surface area contributed by atoms with E-state index in [1.54, 1.807) is 0 Å². The van der Waals surface area contributed by atoms with Crippen molar-refractivity contribution in [2.75, 3.05) is 12.4 Å². The second-order valence-corrected chi connectivity index (χ2v) is 6.37. The van der Waals surface area contributed by atoms with Crippen molar-refractivity contribution in [1.82, 2.24) is 0 Å². The molecule has 2 N–H and O–H groups in total. The highest BCUT2D eigenvalue weighted by Crippen LogP contribution is 2.22. The van der Waals surface area contributed by atoms with Gasteiger partial charge in [-0.1, -0.05) is 26.2 Å². The molecule has 96 valence electrons. The first-order valence-electron chi connectivity index (χ1n) is 6.18. The second-order valence-electron chi connectivity index (χ2n) is 4.61. The lowest BCUT2D eigenvalue weighted by atomic mass is 9.97. The van der Waals surface area contributed by atoms with E-state index in [-0.39, 0.29) is 24.3 Å². The first kappa shape index (κ1) is 13.9. The van der Waals surface area contributed by atoms with E-state index < -0.39 is 10.1 Å². The molecule has 16 heavy (non-hydrogen) atoms. The Balaban J connectivity index is 2.40. The molecule has 1 aliphatic carbocycles. The number of hydrogen-bond donors (Lipinski definition) is 1. The van der Waals surface area contributed by atoms with Crippen LogP contribution < -0.4 is 5.73 Å². The highest BCUT2D eigenvalue weighted by molar-refractivity contribution is 7.86. The van der Waals surface area contributed by atoms with Crippen LogP contribution in [0, 0.1) is 5.92 Å². The van der Waals surface area contributed by atoms with Crippen molar-refractivity contribution in [1.29, 1.82) is 0 Å². The predicted octanol–water partition coefficient (Wildman–Crippen LogP) is 1.65. The van der Waals surface area contributed by atoms with Gasteiger partial charge >= 0.3 is 0 Å². The van der Waals surface area contributed by atoms with Gasteiger partial charge in [-0.3, -0.25) is 4.18 Å². The third kappa shape index (κ3) is 4.80. The van der Waals surface area contributed by atoms with Gasteiger partial charge in [-0.15, -0.1) is 0 Å². The molecule has 0 radical (unpaired) electrons. The van der Waals surface area contributed by atoms with Crippen LogP contribution in [0.3, 0.4) is 0 Å².